The molecule has 2 aliphatic heterocycles. The van der Waals surface area contributed by atoms with Crippen LogP contribution < -0.4 is 0 Å². The number of likely N-dealkylation sites (tertiary alicyclic amines) is 2. The molecule has 1 atom stereocenters. The summed E-state index contributed by atoms with van der Waals surface area (Å²) in [6.45, 7) is 4.30. The maximum absolute atomic E-state index is 12.6. The molecule has 4 nitrogen and oxygen atoms in total. The van der Waals surface area contributed by atoms with Crippen LogP contribution in [0.4, 0.5) is 0 Å². The lowest BCUT2D eigenvalue weighted by molar-refractivity contribution is -0.144. The summed E-state index contributed by atoms with van der Waals surface area (Å²) >= 11 is 1.55. The Bertz CT molecular complexity index is 524. The lowest BCUT2D eigenvalue weighted by Crippen LogP contribution is -2.63. The van der Waals surface area contributed by atoms with Crippen molar-refractivity contribution in [2.75, 3.05) is 19.6 Å². The predicted molar refractivity (Wildman–Crippen MR) is 83.4 cm³/mol. The molecule has 21 heavy (non-hydrogen) atoms. The number of hydrogen-bond acceptors (Lipinski definition) is 3. The third kappa shape index (κ3) is 2.59. The smallest absolute Gasteiger partial charge is 0.254 e. The molecule has 1 aromatic heterocycles. The average Bonchev–Trinajstić information content (AvgIpc) is 3.01. The number of rotatable bonds is 2. The van der Waals surface area contributed by atoms with Crippen LogP contribution >= 0.6 is 11.3 Å². The SMILES string of the molecule is CCN1C(=O)CCC[C@@]12CCCN(C(=O)c1ccsc1)C2. The van der Waals surface area contributed by atoms with E-state index in [1.54, 1.807) is 11.3 Å². The molecule has 0 aromatic carbocycles. The Morgan fingerprint density at radius 1 is 1.38 bits per heavy atom. The molecule has 3 heterocycles. The second kappa shape index (κ2) is 5.79. The normalized spacial score (nSPS) is 26.4. The summed E-state index contributed by atoms with van der Waals surface area (Å²) in [4.78, 5) is 28.8. The lowest BCUT2D eigenvalue weighted by Gasteiger charge is -2.51. The lowest BCUT2D eigenvalue weighted by atomic mass is 9.79. The van der Waals surface area contributed by atoms with Crippen LogP contribution in [0.2, 0.25) is 0 Å². The van der Waals surface area contributed by atoms with Gasteiger partial charge in [-0.05, 0) is 44.1 Å². The first-order valence-electron chi connectivity index (χ1n) is 7.78. The highest BCUT2D eigenvalue weighted by Crippen LogP contribution is 2.37. The molecule has 0 saturated carbocycles. The predicted octanol–water partition coefficient (Wildman–Crippen LogP) is 2.76. The second-order valence-electron chi connectivity index (χ2n) is 6.06. The molecule has 114 valence electrons. The van der Waals surface area contributed by atoms with Crippen LogP contribution in [-0.4, -0.2) is 46.8 Å². The highest BCUT2D eigenvalue weighted by atomic mass is 32.1. The summed E-state index contributed by atoms with van der Waals surface area (Å²) in [7, 11) is 0. The van der Waals surface area contributed by atoms with E-state index in [0.29, 0.717) is 13.0 Å². The number of hydrogen-bond donors (Lipinski definition) is 0. The fourth-order valence-corrected chi connectivity index (χ4v) is 4.52. The second-order valence-corrected chi connectivity index (χ2v) is 6.84. The molecule has 0 radical (unpaired) electrons. The fourth-order valence-electron chi connectivity index (χ4n) is 3.89. The number of likely N-dealkylation sites (N-methyl/N-ethyl adjacent to an activating group) is 1. The molecule has 0 bridgehead atoms. The van der Waals surface area contributed by atoms with Crippen molar-refractivity contribution in [2.24, 2.45) is 0 Å². The Balaban J connectivity index is 1.81. The molecule has 0 N–H and O–H groups in total. The molecule has 2 fully saturated rings. The first-order valence-corrected chi connectivity index (χ1v) is 8.72. The van der Waals surface area contributed by atoms with Crippen molar-refractivity contribution in [3.8, 4) is 0 Å². The van der Waals surface area contributed by atoms with Gasteiger partial charge in [0.05, 0.1) is 11.1 Å². The number of carbonyl (C=O) groups is 2. The van der Waals surface area contributed by atoms with Gasteiger partial charge in [-0.15, -0.1) is 0 Å². The first kappa shape index (κ1) is 14.6. The molecule has 1 aromatic rings. The molecule has 2 saturated heterocycles. The van der Waals surface area contributed by atoms with E-state index in [1.807, 2.05) is 33.6 Å². The summed E-state index contributed by atoms with van der Waals surface area (Å²) in [5.41, 5.74) is 0.663. The highest BCUT2D eigenvalue weighted by molar-refractivity contribution is 7.08. The molecule has 1 spiro atoms. The van der Waals surface area contributed by atoms with E-state index >= 15 is 0 Å². The Hall–Kier alpha value is -1.36. The van der Waals surface area contributed by atoms with Gasteiger partial charge < -0.3 is 9.80 Å². The minimum atomic E-state index is -0.117. The highest BCUT2D eigenvalue weighted by Gasteiger charge is 2.45. The summed E-state index contributed by atoms with van der Waals surface area (Å²) < 4.78 is 0. The van der Waals surface area contributed by atoms with Gasteiger partial charge in [-0.1, -0.05) is 0 Å². The molecule has 2 amide bonds. The van der Waals surface area contributed by atoms with Crippen LogP contribution in [0.15, 0.2) is 16.8 Å². The van der Waals surface area contributed by atoms with Crippen LogP contribution in [0.25, 0.3) is 0 Å². The van der Waals surface area contributed by atoms with Crippen molar-refractivity contribution >= 4 is 23.2 Å². The van der Waals surface area contributed by atoms with Crippen molar-refractivity contribution in [1.29, 1.82) is 0 Å². The van der Waals surface area contributed by atoms with Gasteiger partial charge in [0.25, 0.3) is 5.91 Å². The van der Waals surface area contributed by atoms with Gasteiger partial charge >= 0.3 is 0 Å². The Morgan fingerprint density at radius 2 is 2.19 bits per heavy atom. The van der Waals surface area contributed by atoms with Crippen molar-refractivity contribution in [3.63, 3.8) is 0 Å². The summed E-state index contributed by atoms with van der Waals surface area (Å²) in [6.07, 6.45) is 4.66. The van der Waals surface area contributed by atoms with Crippen LogP contribution in [0.3, 0.4) is 0 Å². The van der Waals surface area contributed by atoms with Gasteiger partial charge in [0.1, 0.15) is 0 Å². The Labute approximate surface area is 129 Å². The molecule has 0 unspecified atom stereocenters. The van der Waals surface area contributed by atoms with Gasteiger partial charge in [0.2, 0.25) is 5.91 Å². The minimum absolute atomic E-state index is 0.115. The number of thiophene rings is 1. The topological polar surface area (TPSA) is 40.6 Å². The van der Waals surface area contributed by atoms with Crippen molar-refractivity contribution < 1.29 is 9.59 Å². The number of carbonyl (C=O) groups excluding carboxylic acids is 2. The third-order valence-corrected chi connectivity index (χ3v) is 5.52. The van der Waals surface area contributed by atoms with E-state index in [1.165, 1.54) is 0 Å². The van der Waals surface area contributed by atoms with E-state index in [2.05, 4.69) is 0 Å². The third-order valence-electron chi connectivity index (χ3n) is 4.83. The molecule has 5 heteroatoms. The van der Waals surface area contributed by atoms with Gasteiger partial charge in [0, 0.05) is 31.4 Å². The van der Waals surface area contributed by atoms with Gasteiger partial charge in [-0.25, -0.2) is 0 Å². The van der Waals surface area contributed by atoms with Gasteiger partial charge in [0.15, 0.2) is 0 Å². The summed E-state index contributed by atoms with van der Waals surface area (Å²) in [5, 5.41) is 3.85. The first-order chi connectivity index (χ1) is 10.2. The maximum atomic E-state index is 12.6. The number of piperidine rings is 2. The number of nitrogens with zero attached hydrogens (tertiary/aromatic N) is 2. The van der Waals surface area contributed by atoms with Gasteiger partial charge in [-0.2, -0.15) is 11.3 Å². The van der Waals surface area contributed by atoms with Crippen LogP contribution in [0.5, 0.6) is 0 Å². The van der Waals surface area contributed by atoms with Crippen LogP contribution in [-0.2, 0) is 4.79 Å². The van der Waals surface area contributed by atoms with E-state index in [9.17, 15) is 9.59 Å². The zero-order chi connectivity index (χ0) is 14.9. The summed E-state index contributed by atoms with van der Waals surface area (Å²) in [6, 6.07) is 1.89. The number of amides is 2. The van der Waals surface area contributed by atoms with Crippen LogP contribution in [0, 0.1) is 0 Å². The monoisotopic (exact) mass is 306 g/mol. The van der Waals surface area contributed by atoms with E-state index in [0.717, 1.165) is 44.3 Å². The van der Waals surface area contributed by atoms with Crippen molar-refractivity contribution in [2.45, 2.75) is 44.6 Å². The van der Waals surface area contributed by atoms with E-state index in [-0.39, 0.29) is 17.4 Å². The molecular weight excluding hydrogens is 284 g/mol. The molecular formula is C16H22N2O2S. The average molecular weight is 306 g/mol. The standard InChI is InChI=1S/C16H22N2O2S/c1-2-18-14(19)5-3-7-16(18)8-4-9-17(12-16)15(20)13-6-10-21-11-13/h6,10-11H,2-5,7-9,12H2,1H3/t16-/m0/s1. The largest absolute Gasteiger partial charge is 0.336 e. The quantitative estimate of drug-likeness (QED) is 0.843. The van der Waals surface area contributed by atoms with Crippen molar-refractivity contribution in [1.82, 2.24) is 9.80 Å². The minimum Gasteiger partial charge on any atom is -0.336 e. The Morgan fingerprint density at radius 3 is 2.90 bits per heavy atom. The summed E-state index contributed by atoms with van der Waals surface area (Å²) in [5.74, 6) is 0.373. The maximum Gasteiger partial charge on any atom is 0.254 e. The molecule has 2 aliphatic rings. The van der Waals surface area contributed by atoms with E-state index in [4.69, 9.17) is 0 Å². The fraction of sp³-hybridized carbons (Fsp3) is 0.625. The molecule has 0 aliphatic carbocycles. The Kier molecular flexibility index (Phi) is 4.02. The van der Waals surface area contributed by atoms with Crippen molar-refractivity contribution in [3.05, 3.63) is 22.4 Å². The zero-order valence-corrected chi connectivity index (χ0v) is 13.3. The zero-order valence-electron chi connectivity index (χ0n) is 12.5. The van der Waals surface area contributed by atoms with Gasteiger partial charge in [-0.3, -0.25) is 9.59 Å². The molecule has 3 rings (SSSR count). The van der Waals surface area contributed by atoms with E-state index < -0.39 is 0 Å². The van der Waals surface area contributed by atoms with Crippen LogP contribution in [0.1, 0.15) is 49.4 Å².